The van der Waals surface area contributed by atoms with Crippen molar-refractivity contribution in [3.8, 4) is 17.7 Å². The Kier molecular flexibility index (Phi) is 7.24. The van der Waals surface area contributed by atoms with Gasteiger partial charge in [0.05, 0.1) is 35.5 Å². The van der Waals surface area contributed by atoms with Gasteiger partial charge in [0.2, 0.25) is 11.8 Å². The first kappa shape index (κ1) is 25.1. The molecule has 1 aromatic heterocycles. The van der Waals surface area contributed by atoms with Crippen LogP contribution in [0.25, 0.3) is 10.9 Å². The third kappa shape index (κ3) is 5.52. The van der Waals surface area contributed by atoms with Crippen LogP contribution in [0.3, 0.4) is 0 Å². The van der Waals surface area contributed by atoms with E-state index in [-0.39, 0.29) is 30.9 Å². The third-order valence-electron chi connectivity index (χ3n) is 4.98. The standard InChI is InChI=1S/C22H20ClF3N4O4/c1-21(11-27,17-10-14(34-22(24,25)26)4-6-15(17)19(28)31)12-30-20(33-8-7-32-2)16-5-3-13(23)9-18(16)29-30/h3-6,9-10H,7-8,12H2,1-2H3,(H2,28,31). The lowest BCUT2D eigenvalue weighted by Gasteiger charge is -2.25. The van der Waals surface area contributed by atoms with E-state index in [0.29, 0.717) is 21.8 Å². The van der Waals surface area contributed by atoms with Crippen LogP contribution < -0.4 is 15.2 Å². The number of halogens is 4. The van der Waals surface area contributed by atoms with Gasteiger partial charge in [-0.1, -0.05) is 11.6 Å². The number of carbonyl (C=O) groups excluding carboxylic acids is 1. The monoisotopic (exact) mass is 496 g/mol. The number of nitriles is 1. The summed E-state index contributed by atoms with van der Waals surface area (Å²) in [6, 6.07) is 10.0. The minimum Gasteiger partial charge on any atom is -0.475 e. The van der Waals surface area contributed by atoms with Gasteiger partial charge >= 0.3 is 6.36 Å². The highest BCUT2D eigenvalue weighted by atomic mass is 35.5. The Morgan fingerprint density at radius 3 is 2.59 bits per heavy atom. The summed E-state index contributed by atoms with van der Waals surface area (Å²) in [4.78, 5) is 12.0. The zero-order valence-electron chi connectivity index (χ0n) is 18.1. The van der Waals surface area contributed by atoms with Gasteiger partial charge in [0, 0.05) is 17.7 Å². The van der Waals surface area contributed by atoms with Crippen molar-refractivity contribution in [2.24, 2.45) is 5.73 Å². The SMILES string of the molecule is COCCOc1c2ccc(Cl)cc2nn1CC(C)(C#N)c1cc(OC(F)(F)F)ccc1C(N)=O. The molecule has 12 heteroatoms. The van der Waals surface area contributed by atoms with Crippen molar-refractivity contribution < 1.29 is 32.2 Å². The van der Waals surface area contributed by atoms with Crippen molar-refractivity contribution in [1.29, 1.82) is 5.26 Å². The van der Waals surface area contributed by atoms with Gasteiger partial charge in [0.25, 0.3) is 0 Å². The van der Waals surface area contributed by atoms with Crippen molar-refractivity contribution >= 4 is 28.4 Å². The minimum absolute atomic E-state index is 0.0512. The number of benzene rings is 2. The van der Waals surface area contributed by atoms with E-state index in [9.17, 15) is 23.2 Å². The van der Waals surface area contributed by atoms with Crippen LogP contribution in [0.4, 0.5) is 13.2 Å². The van der Waals surface area contributed by atoms with Gasteiger partial charge in [-0.25, -0.2) is 4.68 Å². The van der Waals surface area contributed by atoms with E-state index >= 15 is 0 Å². The molecular weight excluding hydrogens is 477 g/mol. The molecule has 0 aliphatic carbocycles. The topological polar surface area (TPSA) is 112 Å². The first-order valence-electron chi connectivity index (χ1n) is 9.86. The Balaban J connectivity index is 2.12. The normalized spacial score (nSPS) is 13.3. The zero-order valence-corrected chi connectivity index (χ0v) is 18.9. The van der Waals surface area contributed by atoms with Crippen LogP contribution >= 0.6 is 11.6 Å². The van der Waals surface area contributed by atoms with Crippen LogP contribution in [0.5, 0.6) is 11.6 Å². The smallest absolute Gasteiger partial charge is 0.475 e. The maximum absolute atomic E-state index is 12.8. The molecule has 34 heavy (non-hydrogen) atoms. The molecule has 2 N–H and O–H groups in total. The van der Waals surface area contributed by atoms with E-state index in [0.717, 1.165) is 18.2 Å². The largest absolute Gasteiger partial charge is 0.573 e. The number of nitrogens with two attached hydrogens (primary N) is 1. The second-order valence-corrected chi connectivity index (χ2v) is 7.97. The Bertz CT molecular complexity index is 1260. The number of amides is 1. The average Bonchev–Trinajstić information content (AvgIpc) is 3.08. The van der Waals surface area contributed by atoms with Crippen molar-refractivity contribution in [2.75, 3.05) is 20.3 Å². The fourth-order valence-corrected chi connectivity index (χ4v) is 3.60. The zero-order chi connectivity index (χ0) is 25.1. The van der Waals surface area contributed by atoms with Gasteiger partial charge in [0.15, 0.2) is 0 Å². The molecule has 2 aromatic carbocycles. The first-order chi connectivity index (χ1) is 16.0. The van der Waals surface area contributed by atoms with Gasteiger partial charge in [-0.15, -0.1) is 13.2 Å². The van der Waals surface area contributed by atoms with E-state index in [1.54, 1.807) is 18.2 Å². The lowest BCUT2D eigenvalue weighted by molar-refractivity contribution is -0.274. The maximum atomic E-state index is 12.8. The van der Waals surface area contributed by atoms with Crippen LogP contribution in [0.2, 0.25) is 5.02 Å². The number of hydrogen-bond donors (Lipinski definition) is 1. The number of alkyl halides is 3. The molecule has 180 valence electrons. The van der Waals surface area contributed by atoms with E-state index < -0.39 is 23.4 Å². The summed E-state index contributed by atoms with van der Waals surface area (Å²) >= 11 is 6.07. The van der Waals surface area contributed by atoms with E-state index in [1.807, 2.05) is 0 Å². The van der Waals surface area contributed by atoms with Crippen LogP contribution in [-0.2, 0) is 16.7 Å². The molecule has 8 nitrogen and oxygen atoms in total. The molecule has 0 aliphatic rings. The summed E-state index contributed by atoms with van der Waals surface area (Å²) in [7, 11) is 1.51. The molecular formula is C22H20ClF3N4O4. The summed E-state index contributed by atoms with van der Waals surface area (Å²) < 4.78 is 54.5. The fourth-order valence-electron chi connectivity index (χ4n) is 3.44. The van der Waals surface area contributed by atoms with Crippen molar-refractivity contribution in [3.63, 3.8) is 0 Å². The van der Waals surface area contributed by atoms with Crippen LogP contribution in [0.1, 0.15) is 22.8 Å². The molecule has 0 saturated heterocycles. The van der Waals surface area contributed by atoms with Crippen LogP contribution in [0, 0.1) is 11.3 Å². The Labute approximate surface area is 197 Å². The van der Waals surface area contributed by atoms with Gasteiger partial charge < -0.3 is 19.9 Å². The third-order valence-corrected chi connectivity index (χ3v) is 5.21. The summed E-state index contributed by atoms with van der Waals surface area (Å²) in [5, 5.41) is 15.5. The summed E-state index contributed by atoms with van der Waals surface area (Å²) in [5.74, 6) is -1.21. The highest BCUT2D eigenvalue weighted by Gasteiger charge is 2.36. The molecule has 3 aromatic rings. The summed E-state index contributed by atoms with van der Waals surface area (Å²) in [5.41, 5.74) is 4.18. The van der Waals surface area contributed by atoms with Crippen molar-refractivity contribution in [3.05, 3.63) is 52.5 Å². The molecule has 0 spiro atoms. The molecule has 0 radical (unpaired) electrons. The number of ether oxygens (including phenoxy) is 3. The fraction of sp³-hybridized carbons (Fsp3) is 0.318. The average molecular weight is 497 g/mol. The second kappa shape index (κ2) is 9.79. The number of carbonyl (C=O) groups is 1. The number of fused-ring (bicyclic) bond motifs is 1. The highest BCUT2D eigenvalue weighted by molar-refractivity contribution is 6.31. The predicted molar refractivity (Wildman–Crippen MR) is 117 cm³/mol. The van der Waals surface area contributed by atoms with E-state index in [1.165, 1.54) is 18.7 Å². The quantitative estimate of drug-likeness (QED) is 0.444. The lowest BCUT2D eigenvalue weighted by Crippen LogP contribution is -2.31. The summed E-state index contributed by atoms with van der Waals surface area (Å²) in [6.07, 6.45) is -4.96. The number of rotatable bonds is 9. The molecule has 0 bridgehead atoms. The van der Waals surface area contributed by atoms with E-state index in [2.05, 4.69) is 15.9 Å². The van der Waals surface area contributed by atoms with Crippen molar-refractivity contribution in [2.45, 2.75) is 25.2 Å². The molecule has 1 heterocycles. The highest BCUT2D eigenvalue weighted by Crippen LogP contribution is 2.36. The van der Waals surface area contributed by atoms with E-state index in [4.69, 9.17) is 26.8 Å². The van der Waals surface area contributed by atoms with Gasteiger partial charge in [-0.3, -0.25) is 4.79 Å². The Morgan fingerprint density at radius 1 is 1.24 bits per heavy atom. The number of aromatic nitrogens is 2. The van der Waals surface area contributed by atoms with Crippen molar-refractivity contribution in [1.82, 2.24) is 9.78 Å². The predicted octanol–water partition coefficient (Wildman–Crippen LogP) is 4.19. The number of primary amides is 1. The molecule has 1 unspecified atom stereocenters. The Morgan fingerprint density at radius 2 is 1.97 bits per heavy atom. The lowest BCUT2D eigenvalue weighted by atomic mass is 9.80. The first-order valence-corrected chi connectivity index (χ1v) is 10.2. The summed E-state index contributed by atoms with van der Waals surface area (Å²) in [6.45, 7) is 1.71. The number of methoxy groups -OCH3 is 1. The Hall–Kier alpha value is -3.49. The number of nitrogens with zero attached hydrogens (tertiary/aromatic N) is 3. The second-order valence-electron chi connectivity index (χ2n) is 7.53. The van der Waals surface area contributed by atoms with Crippen LogP contribution in [-0.4, -0.2) is 42.4 Å². The van der Waals surface area contributed by atoms with Gasteiger partial charge in [0.1, 0.15) is 12.4 Å². The molecule has 0 aliphatic heterocycles. The van der Waals surface area contributed by atoms with Crippen LogP contribution in [0.15, 0.2) is 36.4 Å². The maximum Gasteiger partial charge on any atom is 0.573 e. The minimum atomic E-state index is -4.96. The molecule has 0 saturated carbocycles. The van der Waals surface area contributed by atoms with Gasteiger partial charge in [-0.2, -0.15) is 10.4 Å². The molecule has 1 atom stereocenters. The molecule has 0 fully saturated rings. The van der Waals surface area contributed by atoms with Gasteiger partial charge in [-0.05, 0) is 48.9 Å². The molecule has 1 amide bonds. The number of hydrogen-bond acceptors (Lipinski definition) is 6. The molecule has 3 rings (SSSR count).